The molecule has 29 heavy (non-hydrogen) atoms. The van der Waals surface area contributed by atoms with Crippen LogP contribution in [0.4, 0.5) is 5.95 Å². The number of fused-ring (bicyclic) bond motifs is 1. The molecule has 0 radical (unpaired) electrons. The number of carbonyl (C=O) groups is 2. The van der Waals surface area contributed by atoms with E-state index in [0.717, 1.165) is 5.56 Å². The summed E-state index contributed by atoms with van der Waals surface area (Å²) in [6.07, 6.45) is 3.54. The van der Waals surface area contributed by atoms with Crippen molar-refractivity contribution in [3.8, 4) is 5.75 Å². The van der Waals surface area contributed by atoms with E-state index in [9.17, 15) is 14.7 Å². The number of thioether (sulfide) groups is 1. The standard InChI is InChI=1S/C18H20N6O4S/c1-28-17(27)12(7-10-3-5-11(25)6-4-10)21-13(26)8-24-9-20-14-15(24)22-18(19)23-16(14)29-2/h3-6,9,12,25H,7-8H2,1-2H3,(H,21,26)(H2,19,22,23)/t12-/m0/s1. The number of aromatic nitrogens is 4. The van der Waals surface area contributed by atoms with Crippen LogP contribution in [-0.4, -0.2) is 55.9 Å². The highest BCUT2D eigenvalue weighted by Crippen LogP contribution is 2.22. The van der Waals surface area contributed by atoms with Crippen molar-refractivity contribution in [2.45, 2.75) is 24.0 Å². The third kappa shape index (κ3) is 4.74. The minimum Gasteiger partial charge on any atom is -0.508 e. The fraction of sp³-hybridized carbons (Fsp3) is 0.278. The second-order valence-corrected chi connectivity index (χ2v) is 6.94. The topological polar surface area (TPSA) is 145 Å². The minimum absolute atomic E-state index is 0.0868. The quantitative estimate of drug-likeness (QED) is 0.288. The van der Waals surface area contributed by atoms with Crippen LogP contribution >= 0.6 is 11.8 Å². The number of amides is 1. The van der Waals surface area contributed by atoms with E-state index in [1.807, 2.05) is 6.26 Å². The third-order valence-electron chi connectivity index (χ3n) is 4.15. The molecule has 2 aromatic heterocycles. The maximum Gasteiger partial charge on any atom is 0.328 e. The van der Waals surface area contributed by atoms with Gasteiger partial charge in [-0.3, -0.25) is 4.79 Å². The third-order valence-corrected chi connectivity index (χ3v) is 4.82. The van der Waals surface area contributed by atoms with Gasteiger partial charge in [-0.25, -0.2) is 14.8 Å². The Labute approximate surface area is 170 Å². The average Bonchev–Trinajstić information content (AvgIpc) is 3.10. The van der Waals surface area contributed by atoms with E-state index in [1.54, 1.807) is 12.1 Å². The highest BCUT2D eigenvalue weighted by atomic mass is 32.2. The molecule has 1 amide bonds. The molecule has 0 aliphatic rings. The number of phenols is 1. The van der Waals surface area contributed by atoms with Gasteiger partial charge in [-0.15, -0.1) is 11.8 Å². The molecule has 152 valence electrons. The second-order valence-electron chi connectivity index (χ2n) is 6.15. The van der Waals surface area contributed by atoms with Crippen LogP contribution in [0.2, 0.25) is 0 Å². The van der Waals surface area contributed by atoms with Gasteiger partial charge in [0.25, 0.3) is 0 Å². The first kappa shape index (κ1) is 20.4. The Hall–Kier alpha value is -3.34. The summed E-state index contributed by atoms with van der Waals surface area (Å²) in [6.45, 7) is -0.107. The van der Waals surface area contributed by atoms with E-state index in [4.69, 9.17) is 10.5 Å². The molecule has 0 aliphatic heterocycles. The number of nitrogens with one attached hydrogen (secondary N) is 1. The van der Waals surface area contributed by atoms with E-state index in [1.165, 1.54) is 41.9 Å². The lowest BCUT2D eigenvalue weighted by Gasteiger charge is -2.17. The van der Waals surface area contributed by atoms with Crippen LogP contribution in [0.5, 0.6) is 5.75 Å². The van der Waals surface area contributed by atoms with E-state index in [0.29, 0.717) is 16.2 Å². The molecule has 0 bridgehead atoms. The lowest BCUT2D eigenvalue weighted by molar-refractivity contribution is -0.145. The van der Waals surface area contributed by atoms with Crippen LogP contribution in [0, 0.1) is 0 Å². The molecule has 3 rings (SSSR count). The Kier molecular flexibility index (Phi) is 6.17. The summed E-state index contributed by atoms with van der Waals surface area (Å²) in [6, 6.07) is 5.48. The molecule has 0 spiro atoms. The Balaban J connectivity index is 1.76. The molecule has 0 aliphatic carbocycles. The van der Waals surface area contributed by atoms with Gasteiger partial charge in [0.2, 0.25) is 11.9 Å². The largest absolute Gasteiger partial charge is 0.508 e. The lowest BCUT2D eigenvalue weighted by Crippen LogP contribution is -2.44. The molecule has 2 heterocycles. The van der Waals surface area contributed by atoms with Gasteiger partial charge in [-0.1, -0.05) is 12.1 Å². The van der Waals surface area contributed by atoms with Crippen molar-refractivity contribution >= 4 is 40.8 Å². The van der Waals surface area contributed by atoms with Gasteiger partial charge in [0.15, 0.2) is 5.65 Å². The van der Waals surface area contributed by atoms with Crippen LogP contribution in [0.1, 0.15) is 5.56 Å². The van der Waals surface area contributed by atoms with Gasteiger partial charge < -0.3 is 25.5 Å². The molecule has 10 nitrogen and oxygen atoms in total. The number of anilines is 1. The van der Waals surface area contributed by atoms with Crippen molar-refractivity contribution in [1.29, 1.82) is 0 Å². The van der Waals surface area contributed by atoms with Crippen LogP contribution in [-0.2, 0) is 27.3 Å². The first-order chi connectivity index (χ1) is 13.9. The van der Waals surface area contributed by atoms with Crippen molar-refractivity contribution in [2.24, 2.45) is 0 Å². The van der Waals surface area contributed by atoms with Gasteiger partial charge in [-0.05, 0) is 24.0 Å². The normalized spacial score (nSPS) is 11.9. The molecule has 0 fully saturated rings. The fourth-order valence-electron chi connectivity index (χ4n) is 2.79. The summed E-state index contributed by atoms with van der Waals surface area (Å²) in [5.74, 6) is -0.784. The number of nitrogen functional groups attached to an aromatic ring is 1. The molecule has 0 saturated carbocycles. The van der Waals surface area contributed by atoms with Gasteiger partial charge in [0.1, 0.15) is 28.9 Å². The van der Waals surface area contributed by atoms with Gasteiger partial charge >= 0.3 is 5.97 Å². The van der Waals surface area contributed by atoms with Crippen LogP contribution in [0.15, 0.2) is 35.6 Å². The number of benzene rings is 1. The van der Waals surface area contributed by atoms with Crippen LogP contribution in [0.25, 0.3) is 11.2 Å². The summed E-state index contributed by atoms with van der Waals surface area (Å²) in [5.41, 5.74) is 7.48. The predicted molar refractivity (Wildman–Crippen MR) is 107 cm³/mol. The number of carbonyl (C=O) groups excluding carboxylic acids is 2. The number of phenolic OH excluding ortho intramolecular Hbond substituents is 1. The smallest absolute Gasteiger partial charge is 0.328 e. The predicted octanol–water partition coefficient (Wildman–Crippen LogP) is 0.736. The van der Waals surface area contributed by atoms with Crippen LogP contribution in [0.3, 0.4) is 0 Å². The Morgan fingerprint density at radius 2 is 2.03 bits per heavy atom. The summed E-state index contributed by atoms with van der Waals surface area (Å²) < 4.78 is 6.34. The Morgan fingerprint density at radius 3 is 2.69 bits per heavy atom. The summed E-state index contributed by atoms with van der Waals surface area (Å²) in [5, 5.41) is 12.7. The van der Waals surface area contributed by atoms with Crippen LogP contribution < -0.4 is 11.1 Å². The average molecular weight is 416 g/mol. The molecular formula is C18H20N6O4S. The molecule has 0 saturated heterocycles. The SMILES string of the molecule is COC(=O)[C@H](Cc1ccc(O)cc1)NC(=O)Cn1cnc2c(SC)nc(N)nc21. The Bertz CT molecular complexity index is 1040. The highest BCUT2D eigenvalue weighted by molar-refractivity contribution is 7.98. The number of nitrogens with zero attached hydrogens (tertiary/aromatic N) is 4. The maximum atomic E-state index is 12.6. The monoisotopic (exact) mass is 416 g/mol. The number of aromatic hydroxyl groups is 1. The number of imidazole rings is 1. The number of methoxy groups -OCH3 is 1. The van der Waals surface area contributed by atoms with E-state index in [2.05, 4.69) is 20.3 Å². The molecule has 0 unspecified atom stereocenters. The zero-order valence-corrected chi connectivity index (χ0v) is 16.6. The van der Waals surface area contributed by atoms with E-state index in [-0.39, 0.29) is 24.7 Å². The molecule has 1 atom stereocenters. The first-order valence-corrected chi connectivity index (χ1v) is 9.81. The molecule has 3 aromatic rings. The number of nitrogens with two attached hydrogens (primary N) is 1. The zero-order valence-electron chi connectivity index (χ0n) is 15.8. The molecular weight excluding hydrogens is 396 g/mol. The second kappa shape index (κ2) is 8.78. The fourth-order valence-corrected chi connectivity index (χ4v) is 3.31. The minimum atomic E-state index is -0.881. The van der Waals surface area contributed by atoms with E-state index < -0.39 is 17.9 Å². The summed E-state index contributed by atoms with van der Waals surface area (Å²) >= 11 is 1.38. The molecule has 11 heteroatoms. The van der Waals surface area contributed by atoms with Crippen molar-refractivity contribution < 1.29 is 19.4 Å². The van der Waals surface area contributed by atoms with Crippen molar-refractivity contribution in [3.63, 3.8) is 0 Å². The number of rotatable bonds is 7. The lowest BCUT2D eigenvalue weighted by atomic mass is 10.1. The number of hydrogen-bond donors (Lipinski definition) is 3. The van der Waals surface area contributed by atoms with Gasteiger partial charge in [-0.2, -0.15) is 4.98 Å². The highest BCUT2D eigenvalue weighted by Gasteiger charge is 2.23. The van der Waals surface area contributed by atoms with Crippen molar-refractivity contribution in [1.82, 2.24) is 24.8 Å². The van der Waals surface area contributed by atoms with Gasteiger partial charge in [0.05, 0.1) is 13.4 Å². The van der Waals surface area contributed by atoms with Crippen molar-refractivity contribution in [2.75, 3.05) is 19.1 Å². The maximum absolute atomic E-state index is 12.6. The molecule has 1 aromatic carbocycles. The number of hydrogen-bond acceptors (Lipinski definition) is 9. The molecule has 4 N–H and O–H groups in total. The summed E-state index contributed by atoms with van der Waals surface area (Å²) in [7, 11) is 1.26. The van der Waals surface area contributed by atoms with Gasteiger partial charge in [0, 0.05) is 6.42 Å². The zero-order chi connectivity index (χ0) is 21.0. The number of esters is 1. The van der Waals surface area contributed by atoms with Crippen molar-refractivity contribution in [3.05, 3.63) is 36.2 Å². The Morgan fingerprint density at radius 1 is 1.31 bits per heavy atom. The summed E-state index contributed by atoms with van der Waals surface area (Å²) in [4.78, 5) is 37.2. The number of ether oxygens (including phenoxy) is 1. The van der Waals surface area contributed by atoms with E-state index >= 15 is 0 Å². The first-order valence-electron chi connectivity index (χ1n) is 8.58.